The molecule has 0 saturated carbocycles. The van der Waals surface area contributed by atoms with Crippen LogP contribution in [-0.2, 0) is 14.4 Å². The Balaban J connectivity index is 2.21. The first-order valence-electron chi connectivity index (χ1n) is 6.54. The lowest BCUT2D eigenvalue weighted by molar-refractivity contribution is -0.147. The van der Waals surface area contributed by atoms with Crippen LogP contribution in [0.2, 0.25) is 5.02 Å². The largest absolute Gasteiger partial charge is 0.293 e. The summed E-state index contributed by atoms with van der Waals surface area (Å²) in [5.41, 5.74) is 0.896. The molecule has 0 unspecified atom stereocenters. The molecule has 0 N–H and O–H groups in total. The van der Waals surface area contributed by atoms with Gasteiger partial charge in [0.2, 0.25) is 5.91 Å². The van der Waals surface area contributed by atoms with Crippen molar-refractivity contribution in [3.8, 4) is 0 Å². The highest BCUT2D eigenvalue weighted by molar-refractivity contribution is 6.31. The van der Waals surface area contributed by atoms with Crippen LogP contribution in [0.1, 0.15) is 18.9 Å². The van der Waals surface area contributed by atoms with E-state index in [-0.39, 0.29) is 18.5 Å². The Morgan fingerprint density at radius 3 is 2.71 bits per heavy atom. The molecule has 2 amide bonds. The average Bonchev–Trinajstić information content (AvgIpc) is 2.43. The molecular formula is C16H14ClNO3. The zero-order valence-corrected chi connectivity index (χ0v) is 12.3. The van der Waals surface area contributed by atoms with Gasteiger partial charge in [0.1, 0.15) is 0 Å². The summed E-state index contributed by atoms with van der Waals surface area (Å²) in [5, 5.41) is 0.609. The number of likely N-dealkylation sites (tertiary alicyclic amines) is 1. The molecule has 0 atom stereocenters. The Labute approximate surface area is 127 Å². The smallest absolute Gasteiger partial charge is 0.264 e. The van der Waals surface area contributed by atoms with Crippen molar-refractivity contribution in [3.05, 3.63) is 52.6 Å². The van der Waals surface area contributed by atoms with Crippen molar-refractivity contribution in [3.63, 3.8) is 0 Å². The van der Waals surface area contributed by atoms with Crippen LogP contribution in [-0.4, -0.2) is 29.0 Å². The van der Waals surface area contributed by atoms with Gasteiger partial charge in [-0.15, -0.1) is 0 Å². The maximum Gasteiger partial charge on any atom is 0.264 e. The third kappa shape index (κ3) is 3.47. The van der Waals surface area contributed by atoms with E-state index >= 15 is 0 Å². The Hall–Kier alpha value is -2.20. The third-order valence-corrected chi connectivity index (χ3v) is 3.34. The predicted octanol–water partition coefficient (Wildman–Crippen LogP) is 2.63. The molecule has 1 aliphatic rings. The molecule has 1 aliphatic heterocycles. The van der Waals surface area contributed by atoms with Gasteiger partial charge < -0.3 is 0 Å². The third-order valence-electron chi connectivity index (χ3n) is 3.11. The number of rotatable bonds is 3. The molecule has 0 spiro atoms. The van der Waals surface area contributed by atoms with Crippen molar-refractivity contribution in [2.45, 2.75) is 13.3 Å². The van der Waals surface area contributed by atoms with Crippen LogP contribution in [0.15, 0.2) is 42.0 Å². The van der Waals surface area contributed by atoms with Crippen molar-refractivity contribution in [2.24, 2.45) is 0 Å². The van der Waals surface area contributed by atoms with Crippen molar-refractivity contribution in [1.29, 1.82) is 0 Å². The van der Waals surface area contributed by atoms with Gasteiger partial charge in [-0.05, 0) is 30.7 Å². The number of likely N-dealkylation sites (N-methyl/N-ethyl adjacent to an activating group) is 1. The van der Waals surface area contributed by atoms with E-state index < -0.39 is 17.6 Å². The van der Waals surface area contributed by atoms with E-state index in [1.54, 1.807) is 31.2 Å². The highest BCUT2D eigenvalue weighted by Gasteiger charge is 2.34. The monoisotopic (exact) mass is 303 g/mol. The molecule has 0 radical (unpaired) electrons. The fourth-order valence-electron chi connectivity index (χ4n) is 2.06. The van der Waals surface area contributed by atoms with Gasteiger partial charge in [-0.1, -0.05) is 35.9 Å². The van der Waals surface area contributed by atoms with Gasteiger partial charge in [-0.3, -0.25) is 19.3 Å². The zero-order valence-electron chi connectivity index (χ0n) is 11.5. The number of amides is 2. The Bertz CT molecular complexity index is 661. The second-order valence-electron chi connectivity index (χ2n) is 4.54. The summed E-state index contributed by atoms with van der Waals surface area (Å²) in [5.74, 6) is -1.41. The van der Waals surface area contributed by atoms with Crippen LogP contribution >= 0.6 is 11.6 Å². The van der Waals surface area contributed by atoms with Gasteiger partial charge in [0.05, 0.1) is 12.0 Å². The van der Waals surface area contributed by atoms with Gasteiger partial charge in [0, 0.05) is 11.6 Å². The minimum Gasteiger partial charge on any atom is -0.293 e. The lowest BCUT2D eigenvalue weighted by atomic mass is 10.0. The number of allylic oxidation sites excluding steroid dienone is 2. The van der Waals surface area contributed by atoms with Gasteiger partial charge in [-0.25, -0.2) is 0 Å². The van der Waals surface area contributed by atoms with Crippen molar-refractivity contribution in [2.75, 3.05) is 6.54 Å². The van der Waals surface area contributed by atoms with E-state index in [1.807, 2.05) is 12.1 Å². The Morgan fingerprint density at radius 1 is 1.29 bits per heavy atom. The summed E-state index contributed by atoms with van der Waals surface area (Å²) < 4.78 is 0. The number of Topliss-reactive ketones (excluding diaryl/α,β-unsaturated/α-hetero) is 1. The summed E-state index contributed by atoms with van der Waals surface area (Å²) in [4.78, 5) is 36.4. The van der Waals surface area contributed by atoms with E-state index in [1.165, 1.54) is 6.08 Å². The Morgan fingerprint density at radius 2 is 2.05 bits per heavy atom. The van der Waals surface area contributed by atoms with Crippen LogP contribution in [0.5, 0.6) is 0 Å². The lowest BCUT2D eigenvalue weighted by Crippen LogP contribution is -2.44. The van der Waals surface area contributed by atoms with E-state index in [0.717, 1.165) is 10.5 Å². The van der Waals surface area contributed by atoms with Crippen LogP contribution < -0.4 is 0 Å². The highest BCUT2D eigenvalue weighted by atomic mass is 35.5. The number of nitrogens with zero attached hydrogens (tertiary/aromatic N) is 1. The standard InChI is InChI=1S/C16H14ClNO3/c1-2-18-15(20)10-14(19)13(16(18)21)8-4-6-11-5-3-7-12(17)9-11/h3-9H,2,10H2,1H3/b6-4+,13-8+. The van der Waals surface area contributed by atoms with Gasteiger partial charge in [0.15, 0.2) is 5.78 Å². The lowest BCUT2D eigenvalue weighted by Gasteiger charge is -2.24. The molecule has 0 bridgehead atoms. The highest BCUT2D eigenvalue weighted by Crippen LogP contribution is 2.16. The SMILES string of the molecule is CCN1C(=O)CC(=O)/C(=C\C=C\c2cccc(Cl)c2)C1=O. The molecule has 1 fully saturated rings. The first-order valence-corrected chi connectivity index (χ1v) is 6.92. The minimum absolute atomic E-state index is 0.0368. The molecule has 1 aromatic rings. The van der Waals surface area contributed by atoms with Crippen LogP contribution in [0, 0.1) is 0 Å². The van der Waals surface area contributed by atoms with Gasteiger partial charge >= 0.3 is 0 Å². The van der Waals surface area contributed by atoms with E-state index in [0.29, 0.717) is 5.02 Å². The molecule has 108 valence electrons. The number of benzene rings is 1. The number of hydrogen-bond acceptors (Lipinski definition) is 3. The predicted molar refractivity (Wildman–Crippen MR) is 80.6 cm³/mol. The molecule has 1 saturated heterocycles. The number of imide groups is 1. The zero-order chi connectivity index (χ0) is 15.4. The topological polar surface area (TPSA) is 54.5 Å². The van der Waals surface area contributed by atoms with E-state index in [9.17, 15) is 14.4 Å². The molecule has 2 rings (SSSR count). The summed E-state index contributed by atoms with van der Waals surface area (Å²) in [6.07, 6.45) is 4.55. The molecule has 0 aliphatic carbocycles. The van der Waals surface area contributed by atoms with Crippen LogP contribution in [0.25, 0.3) is 6.08 Å². The molecule has 21 heavy (non-hydrogen) atoms. The van der Waals surface area contributed by atoms with Gasteiger partial charge in [-0.2, -0.15) is 0 Å². The molecular weight excluding hydrogens is 290 g/mol. The second kappa shape index (κ2) is 6.50. The van der Waals surface area contributed by atoms with Crippen LogP contribution in [0.4, 0.5) is 0 Å². The fraction of sp³-hybridized carbons (Fsp3) is 0.188. The average molecular weight is 304 g/mol. The summed E-state index contributed by atoms with van der Waals surface area (Å²) in [6, 6.07) is 7.19. The molecule has 1 aromatic carbocycles. The van der Waals surface area contributed by atoms with Crippen LogP contribution in [0.3, 0.4) is 0 Å². The summed E-state index contributed by atoms with van der Waals surface area (Å²) in [6.45, 7) is 1.96. The normalized spacial score (nSPS) is 18.1. The molecule has 1 heterocycles. The number of piperidine rings is 1. The van der Waals surface area contributed by atoms with E-state index in [4.69, 9.17) is 11.6 Å². The molecule has 4 nitrogen and oxygen atoms in total. The fourth-order valence-corrected chi connectivity index (χ4v) is 2.25. The van der Waals surface area contributed by atoms with Crippen molar-refractivity contribution >= 4 is 35.3 Å². The van der Waals surface area contributed by atoms with Gasteiger partial charge in [0.25, 0.3) is 5.91 Å². The maximum atomic E-state index is 12.0. The number of halogens is 1. The minimum atomic E-state index is -0.533. The second-order valence-corrected chi connectivity index (χ2v) is 4.97. The summed E-state index contributed by atoms with van der Waals surface area (Å²) >= 11 is 5.87. The number of carbonyl (C=O) groups is 3. The first-order chi connectivity index (χ1) is 10.0. The van der Waals surface area contributed by atoms with Crippen molar-refractivity contribution < 1.29 is 14.4 Å². The molecule has 0 aromatic heterocycles. The number of ketones is 1. The summed E-state index contributed by atoms with van der Waals surface area (Å²) in [7, 11) is 0. The number of carbonyl (C=O) groups excluding carboxylic acids is 3. The quantitative estimate of drug-likeness (QED) is 0.373. The van der Waals surface area contributed by atoms with E-state index in [2.05, 4.69) is 0 Å². The Kier molecular flexibility index (Phi) is 4.70. The van der Waals surface area contributed by atoms with Crippen molar-refractivity contribution in [1.82, 2.24) is 4.90 Å². The number of hydrogen-bond donors (Lipinski definition) is 0. The first kappa shape index (κ1) is 15.2. The maximum absolute atomic E-state index is 12.0. The molecule has 5 heteroatoms.